The third-order valence-electron chi connectivity index (χ3n) is 4.24. The van der Waals surface area contributed by atoms with Crippen molar-refractivity contribution in [3.05, 3.63) is 30.3 Å². The number of rotatable bonds is 7. The minimum absolute atomic E-state index is 0. The van der Waals surface area contributed by atoms with E-state index in [1.807, 2.05) is 18.8 Å². The Morgan fingerprint density at radius 1 is 1.33 bits per heavy atom. The molecule has 2 unspecified atom stereocenters. The molecule has 1 saturated heterocycles. The molecule has 2 N–H and O–H groups in total. The van der Waals surface area contributed by atoms with Crippen molar-refractivity contribution in [1.29, 1.82) is 0 Å². The van der Waals surface area contributed by atoms with Crippen LogP contribution in [-0.2, 0) is 0 Å². The summed E-state index contributed by atoms with van der Waals surface area (Å²) in [5, 5.41) is 7.42. The highest BCUT2D eigenvalue weighted by Crippen LogP contribution is 2.21. The van der Waals surface area contributed by atoms with Crippen molar-refractivity contribution in [2.24, 2.45) is 10.9 Å². The normalized spacial score (nSPS) is 19.6. The van der Waals surface area contributed by atoms with Gasteiger partial charge in [0.1, 0.15) is 0 Å². The lowest BCUT2D eigenvalue weighted by molar-refractivity contribution is 0.342. The van der Waals surface area contributed by atoms with Crippen LogP contribution in [0.3, 0.4) is 0 Å². The summed E-state index contributed by atoms with van der Waals surface area (Å²) in [6, 6.07) is 10.6. The largest absolute Gasteiger partial charge is 0.356 e. The van der Waals surface area contributed by atoms with Crippen LogP contribution in [0.15, 0.2) is 40.2 Å². The summed E-state index contributed by atoms with van der Waals surface area (Å²) in [4.78, 5) is 8.17. The smallest absolute Gasteiger partial charge is 0.191 e. The zero-order valence-electron chi connectivity index (χ0n) is 15.0. The first-order valence-electron chi connectivity index (χ1n) is 8.59. The van der Waals surface area contributed by atoms with Crippen molar-refractivity contribution < 1.29 is 0 Å². The molecule has 0 radical (unpaired) electrons. The molecule has 1 aromatic carbocycles. The van der Waals surface area contributed by atoms with Gasteiger partial charge in [0.25, 0.3) is 0 Å². The van der Waals surface area contributed by atoms with E-state index in [2.05, 4.69) is 64.7 Å². The van der Waals surface area contributed by atoms with E-state index in [9.17, 15) is 0 Å². The lowest BCUT2D eigenvalue weighted by atomic mass is 10.1. The first kappa shape index (κ1) is 21.6. The maximum absolute atomic E-state index is 4.34. The van der Waals surface area contributed by atoms with Gasteiger partial charge in [-0.25, -0.2) is 0 Å². The lowest BCUT2D eigenvalue weighted by Crippen LogP contribution is -2.42. The minimum Gasteiger partial charge on any atom is -0.356 e. The molecule has 4 nitrogen and oxygen atoms in total. The lowest BCUT2D eigenvalue weighted by Gasteiger charge is -2.18. The third-order valence-corrected chi connectivity index (χ3v) is 5.35. The molecule has 24 heavy (non-hydrogen) atoms. The SMILES string of the molecule is CCN1CCC(CNC(=NC)NCC(C)Sc2ccccc2)C1.I. The highest BCUT2D eigenvalue weighted by molar-refractivity contribution is 14.0. The second kappa shape index (κ2) is 12.0. The molecule has 1 heterocycles. The van der Waals surface area contributed by atoms with Crippen LogP contribution in [0.25, 0.3) is 0 Å². The third kappa shape index (κ3) is 7.61. The average Bonchev–Trinajstić information content (AvgIpc) is 3.04. The van der Waals surface area contributed by atoms with E-state index >= 15 is 0 Å². The predicted molar refractivity (Wildman–Crippen MR) is 117 cm³/mol. The van der Waals surface area contributed by atoms with Crippen molar-refractivity contribution >= 4 is 41.7 Å². The Balaban J connectivity index is 0.00000288. The predicted octanol–water partition coefficient (Wildman–Crippen LogP) is 3.29. The summed E-state index contributed by atoms with van der Waals surface area (Å²) >= 11 is 1.89. The van der Waals surface area contributed by atoms with Crippen LogP contribution in [0.4, 0.5) is 0 Å². The monoisotopic (exact) mass is 462 g/mol. The van der Waals surface area contributed by atoms with E-state index in [-0.39, 0.29) is 24.0 Å². The number of thioether (sulfide) groups is 1. The van der Waals surface area contributed by atoms with Gasteiger partial charge >= 0.3 is 0 Å². The van der Waals surface area contributed by atoms with E-state index in [1.54, 1.807) is 0 Å². The standard InChI is InChI=1S/C18H30N4S.HI/c1-4-22-11-10-16(14-22)13-21-18(19-3)20-12-15(2)23-17-8-6-5-7-9-17;/h5-9,15-16H,4,10-14H2,1-3H3,(H2,19,20,21);1H. The number of halogens is 1. The summed E-state index contributed by atoms with van der Waals surface area (Å²) in [6.07, 6.45) is 1.29. The maximum Gasteiger partial charge on any atom is 0.191 e. The molecular weight excluding hydrogens is 431 g/mol. The molecule has 2 atom stereocenters. The molecule has 136 valence electrons. The molecule has 0 aliphatic carbocycles. The summed E-state index contributed by atoms with van der Waals surface area (Å²) < 4.78 is 0. The van der Waals surface area contributed by atoms with Gasteiger partial charge in [-0.05, 0) is 37.6 Å². The van der Waals surface area contributed by atoms with Crippen LogP contribution < -0.4 is 10.6 Å². The second-order valence-electron chi connectivity index (χ2n) is 6.12. The molecule has 0 amide bonds. The van der Waals surface area contributed by atoms with E-state index in [1.165, 1.54) is 24.4 Å². The van der Waals surface area contributed by atoms with Crippen LogP contribution in [-0.4, -0.2) is 55.9 Å². The summed E-state index contributed by atoms with van der Waals surface area (Å²) in [7, 11) is 1.84. The first-order valence-corrected chi connectivity index (χ1v) is 9.47. The van der Waals surface area contributed by atoms with Gasteiger partial charge in [0, 0.05) is 36.8 Å². The van der Waals surface area contributed by atoms with Crippen molar-refractivity contribution in [2.45, 2.75) is 30.4 Å². The van der Waals surface area contributed by atoms with Crippen LogP contribution in [0.5, 0.6) is 0 Å². The molecule has 0 bridgehead atoms. The Hall–Kier alpha value is -0.470. The van der Waals surface area contributed by atoms with Gasteiger partial charge in [0.15, 0.2) is 5.96 Å². The summed E-state index contributed by atoms with van der Waals surface area (Å²) in [6.45, 7) is 10.0. The van der Waals surface area contributed by atoms with Crippen molar-refractivity contribution in [1.82, 2.24) is 15.5 Å². The Kier molecular flexibility index (Phi) is 10.8. The Morgan fingerprint density at radius 2 is 2.08 bits per heavy atom. The fraction of sp³-hybridized carbons (Fsp3) is 0.611. The van der Waals surface area contributed by atoms with Crippen molar-refractivity contribution in [2.75, 3.05) is 39.8 Å². The number of benzene rings is 1. The molecule has 1 aliphatic rings. The number of nitrogens with one attached hydrogen (secondary N) is 2. The highest BCUT2D eigenvalue weighted by atomic mass is 127. The minimum atomic E-state index is 0. The van der Waals surface area contributed by atoms with Gasteiger partial charge in [-0.2, -0.15) is 0 Å². The van der Waals surface area contributed by atoms with E-state index in [0.29, 0.717) is 5.25 Å². The van der Waals surface area contributed by atoms with E-state index in [0.717, 1.165) is 31.5 Å². The Morgan fingerprint density at radius 3 is 2.71 bits per heavy atom. The topological polar surface area (TPSA) is 39.7 Å². The van der Waals surface area contributed by atoms with Crippen molar-refractivity contribution in [3.8, 4) is 0 Å². The quantitative estimate of drug-likeness (QED) is 0.283. The van der Waals surface area contributed by atoms with E-state index < -0.39 is 0 Å². The number of hydrogen-bond donors (Lipinski definition) is 2. The van der Waals surface area contributed by atoms with Crippen LogP contribution >= 0.6 is 35.7 Å². The van der Waals surface area contributed by atoms with Gasteiger partial charge in [-0.15, -0.1) is 35.7 Å². The van der Waals surface area contributed by atoms with Crippen LogP contribution in [0.1, 0.15) is 20.3 Å². The van der Waals surface area contributed by atoms with Crippen molar-refractivity contribution in [3.63, 3.8) is 0 Å². The van der Waals surface area contributed by atoms with Crippen LogP contribution in [0, 0.1) is 5.92 Å². The summed E-state index contributed by atoms with van der Waals surface area (Å²) in [5.41, 5.74) is 0. The molecule has 1 aromatic rings. The molecular formula is C18H31IN4S. The number of hydrogen-bond acceptors (Lipinski definition) is 3. The van der Waals surface area contributed by atoms with E-state index in [4.69, 9.17) is 0 Å². The van der Waals surface area contributed by atoms with Gasteiger partial charge in [-0.1, -0.05) is 32.0 Å². The van der Waals surface area contributed by atoms with Gasteiger partial charge in [-0.3, -0.25) is 4.99 Å². The van der Waals surface area contributed by atoms with Crippen LogP contribution in [0.2, 0.25) is 0 Å². The molecule has 0 aromatic heterocycles. The van der Waals surface area contributed by atoms with Gasteiger partial charge in [0.05, 0.1) is 0 Å². The molecule has 1 aliphatic heterocycles. The maximum atomic E-state index is 4.34. The number of aliphatic imine (C=N–C) groups is 1. The molecule has 6 heteroatoms. The summed E-state index contributed by atoms with van der Waals surface area (Å²) in [5.74, 6) is 1.66. The first-order chi connectivity index (χ1) is 11.2. The van der Waals surface area contributed by atoms with Gasteiger partial charge in [0.2, 0.25) is 0 Å². The molecule has 0 spiro atoms. The fourth-order valence-corrected chi connectivity index (χ4v) is 3.79. The average molecular weight is 462 g/mol. The molecule has 1 fully saturated rings. The molecule has 0 saturated carbocycles. The second-order valence-corrected chi connectivity index (χ2v) is 7.64. The highest BCUT2D eigenvalue weighted by Gasteiger charge is 2.21. The zero-order chi connectivity index (χ0) is 16.5. The molecule has 2 rings (SSSR count). The Bertz CT molecular complexity index is 483. The number of guanidine groups is 1. The van der Waals surface area contributed by atoms with Gasteiger partial charge < -0.3 is 15.5 Å². The Labute approximate surface area is 168 Å². The number of likely N-dealkylation sites (tertiary alicyclic amines) is 1. The number of nitrogens with zero attached hydrogens (tertiary/aromatic N) is 2. The fourth-order valence-electron chi connectivity index (χ4n) is 2.84. The zero-order valence-corrected chi connectivity index (χ0v) is 18.1.